The highest BCUT2D eigenvalue weighted by Gasteiger charge is 2.25. The third-order valence-electron chi connectivity index (χ3n) is 3.50. The van der Waals surface area contributed by atoms with E-state index in [1.165, 1.54) is 11.6 Å². The quantitative estimate of drug-likeness (QED) is 0.752. The number of hydrogen-bond donors (Lipinski definition) is 1. The van der Waals surface area contributed by atoms with Gasteiger partial charge in [0.2, 0.25) is 0 Å². The molecule has 1 aliphatic carbocycles. The Labute approximate surface area is 99.8 Å². The van der Waals surface area contributed by atoms with Crippen LogP contribution in [0.4, 0.5) is 0 Å². The van der Waals surface area contributed by atoms with Crippen LogP contribution in [-0.4, -0.2) is 16.9 Å². The van der Waals surface area contributed by atoms with Crippen molar-refractivity contribution in [2.75, 3.05) is 0 Å². The van der Waals surface area contributed by atoms with Gasteiger partial charge < -0.3 is 5.11 Å². The number of aliphatic carboxylic acids is 1. The van der Waals surface area contributed by atoms with E-state index in [9.17, 15) is 9.59 Å². The van der Waals surface area contributed by atoms with Gasteiger partial charge >= 0.3 is 5.97 Å². The molecule has 0 atom stereocenters. The molecule has 0 spiro atoms. The molecular formula is C14H14O3. The molecule has 0 aliphatic heterocycles. The maximum absolute atomic E-state index is 11.7. The van der Waals surface area contributed by atoms with Crippen LogP contribution in [0.15, 0.2) is 11.6 Å². The van der Waals surface area contributed by atoms with Gasteiger partial charge in [0, 0.05) is 6.42 Å². The minimum Gasteiger partial charge on any atom is -0.478 e. The van der Waals surface area contributed by atoms with Crippen molar-refractivity contribution >= 4 is 17.8 Å². The van der Waals surface area contributed by atoms with Gasteiger partial charge in [-0.05, 0) is 54.7 Å². The predicted molar refractivity (Wildman–Crippen MR) is 65.0 cm³/mol. The Kier molecular flexibility index (Phi) is 2.62. The zero-order chi connectivity index (χ0) is 12.7. The summed E-state index contributed by atoms with van der Waals surface area (Å²) in [5.74, 6) is -1.45. The van der Waals surface area contributed by atoms with E-state index in [0.717, 1.165) is 22.3 Å². The predicted octanol–water partition coefficient (Wildman–Crippen LogP) is 2.21. The Morgan fingerprint density at radius 2 is 1.88 bits per heavy atom. The summed E-state index contributed by atoms with van der Waals surface area (Å²) in [6.45, 7) is 5.99. The minimum atomic E-state index is -1.14. The number of carboxylic acids is 1. The molecular weight excluding hydrogens is 216 g/mol. The molecule has 0 heterocycles. The standard InChI is InChI=1S/C14H14O3/c1-7-4-10-5-12(14(16)17)13(15)6-11(10)9(3)8(7)2/h4-5H,6H2,1-3H3,(H,16,17). The monoisotopic (exact) mass is 230 g/mol. The van der Waals surface area contributed by atoms with E-state index in [2.05, 4.69) is 0 Å². The first-order valence-electron chi connectivity index (χ1n) is 5.49. The van der Waals surface area contributed by atoms with Crippen molar-refractivity contribution in [1.82, 2.24) is 0 Å². The molecule has 2 rings (SSSR count). The summed E-state index contributed by atoms with van der Waals surface area (Å²) in [7, 11) is 0. The molecule has 0 saturated carbocycles. The first-order valence-corrected chi connectivity index (χ1v) is 5.49. The van der Waals surface area contributed by atoms with Crippen LogP contribution in [0, 0.1) is 20.8 Å². The summed E-state index contributed by atoms with van der Waals surface area (Å²) < 4.78 is 0. The highest BCUT2D eigenvalue weighted by molar-refractivity contribution is 6.22. The second kappa shape index (κ2) is 3.84. The van der Waals surface area contributed by atoms with Gasteiger partial charge in [-0.2, -0.15) is 0 Å². The van der Waals surface area contributed by atoms with Gasteiger partial charge in [-0.25, -0.2) is 4.79 Å². The van der Waals surface area contributed by atoms with Gasteiger partial charge in [0.05, 0.1) is 0 Å². The lowest BCUT2D eigenvalue weighted by Crippen LogP contribution is -2.19. The Hall–Kier alpha value is -1.90. The van der Waals surface area contributed by atoms with E-state index in [0.29, 0.717) is 0 Å². The molecule has 1 aromatic carbocycles. The van der Waals surface area contributed by atoms with E-state index in [1.807, 2.05) is 26.8 Å². The van der Waals surface area contributed by atoms with E-state index < -0.39 is 5.97 Å². The van der Waals surface area contributed by atoms with Gasteiger partial charge in [0.1, 0.15) is 5.57 Å². The highest BCUT2D eigenvalue weighted by atomic mass is 16.4. The first kappa shape index (κ1) is 11.6. The summed E-state index contributed by atoms with van der Waals surface area (Å²) in [6.07, 6.45) is 1.68. The van der Waals surface area contributed by atoms with Crippen LogP contribution in [0.1, 0.15) is 27.8 Å². The number of benzene rings is 1. The fourth-order valence-electron chi connectivity index (χ4n) is 2.20. The van der Waals surface area contributed by atoms with Crippen LogP contribution >= 0.6 is 0 Å². The molecule has 1 N–H and O–H groups in total. The van der Waals surface area contributed by atoms with E-state index in [4.69, 9.17) is 5.11 Å². The lowest BCUT2D eigenvalue weighted by atomic mass is 9.85. The van der Waals surface area contributed by atoms with Crippen molar-refractivity contribution in [3.63, 3.8) is 0 Å². The molecule has 0 unspecified atom stereocenters. The number of ketones is 1. The Morgan fingerprint density at radius 1 is 1.24 bits per heavy atom. The van der Waals surface area contributed by atoms with Crippen molar-refractivity contribution in [2.45, 2.75) is 27.2 Å². The van der Waals surface area contributed by atoms with Crippen molar-refractivity contribution in [3.8, 4) is 0 Å². The normalized spacial score (nSPS) is 14.3. The number of rotatable bonds is 1. The van der Waals surface area contributed by atoms with Crippen LogP contribution in [-0.2, 0) is 16.0 Å². The largest absolute Gasteiger partial charge is 0.478 e. The van der Waals surface area contributed by atoms with Gasteiger partial charge in [0.15, 0.2) is 5.78 Å². The minimum absolute atomic E-state index is 0.111. The van der Waals surface area contributed by atoms with Crippen molar-refractivity contribution in [1.29, 1.82) is 0 Å². The summed E-state index contributed by atoms with van der Waals surface area (Å²) in [5, 5.41) is 8.94. The van der Waals surface area contributed by atoms with Crippen LogP contribution in [0.25, 0.3) is 6.08 Å². The number of fused-ring (bicyclic) bond motifs is 1. The Morgan fingerprint density at radius 3 is 2.47 bits per heavy atom. The third-order valence-corrected chi connectivity index (χ3v) is 3.50. The molecule has 1 aliphatic rings. The van der Waals surface area contributed by atoms with Crippen LogP contribution < -0.4 is 0 Å². The van der Waals surface area contributed by atoms with Crippen molar-refractivity contribution in [3.05, 3.63) is 39.5 Å². The lowest BCUT2D eigenvalue weighted by molar-refractivity contribution is -0.134. The number of carbonyl (C=O) groups excluding carboxylic acids is 1. The molecule has 0 saturated heterocycles. The average molecular weight is 230 g/mol. The SMILES string of the molecule is Cc1cc2c(c(C)c1C)CC(=O)C(C(=O)O)=C2. The van der Waals surface area contributed by atoms with Crippen LogP contribution in [0.2, 0.25) is 0 Å². The molecule has 0 fully saturated rings. The summed E-state index contributed by atoms with van der Waals surface area (Å²) >= 11 is 0. The summed E-state index contributed by atoms with van der Waals surface area (Å²) in [4.78, 5) is 22.6. The first-order chi connectivity index (χ1) is 7.91. The Balaban J connectivity index is 2.69. The number of carboxylic acid groups (broad SMARTS) is 1. The number of aryl methyl sites for hydroxylation is 1. The van der Waals surface area contributed by atoms with Crippen LogP contribution in [0.3, 0.4) is 0 Å². The van der Waals surface area contributed by atoms with Gasteiger partial charge in [-0.3, -0.25) is 4.79 Å². The number of Topliss-reactive ketones (excluding diaryl/α,β-unsaturated/α-hetero) is 1. The third kappa shape index (κ3) is 1.78. The highest BCUT2D eigenvalue weighted by Crippen LogP contribution is 2.28. The molecule has 0 radical (unpaired) electrons. The topological polar surface area (TPSA) is 54.4 Å². The molecule has 17 heavy (non-hydrogen) atoms. The van der Waals surface area contributed by atoms with Crippen molar-refractivity contribution in [2.24, 2.45) is 0 Å². The molecule has 0 aromatic heterocycles. The zero-order valence-electron chi connectivity index (χ0n) is 10.1. The van der Waals surface area contributed by atoms with Gasteiger partial charge in [-0.1, -0.05) is 6.07 Å². The molecule has 3 nitrogen and oxygen atoms in total. The van der Waals surface area contributed by atoms with Gasteiger partial charge in [-0.15, -0.1) is 0 Å². The van der Waals surface area contributed by atoms with Crippen molar-refractivity contribution < 1.29 is 14.7 Å². The molecule has 0 bridgehead atoms. The average Bonchev–Trinajstić information content (AvgIpc) is 2.26. The maximum atomic E-state index is 11.7. The Bertz CT molecular complexity index is 565. The number of hydrogen-bond acceptors (Lipinski definition) is 2. The van der Waals surface area contributed by atoms with E-state index in [-0.39, 0.29) is 17.8 Å². The molecule has 1 aromatic rings. The second-order valence-corrected chi connectivity index (χ2v) is 4.47. The van der Waals surface area contributed by atoms with E-state index in [1.54, 1.807) is 0 Å². The lowest BCUT2D eigenvalue weighted by Gasteiger charge is -2.19. The molecule has 3 heteroatoms. The zero-order valence-corrected chi connectivity index (χ0v) is 10.1. The maximum Gasteiger partial charge on any atom is 0.339 e. The van der Waals surface area contributed by atoms with Crippen LogP contribution in [0.5, 0.6) is 0 Å². The smallest absolute Gasteiger partial charge is 0.339 e. The second-order valence-electron chi connectivity index (χ2n) is 4.47. The fraction of sp³-hybridized carbons (Fsp3) is 0.286. The summed E-state index contributed by atoms with van der Waals surface area (Å²) in [5.41, 5.74) is 5.10. The summed E-state index contributed by atoms with van der Waals surface area (Å²) in [6, 6.07) is 1.95. The van der Waals surface area contributed by atoms with E-state index >= 15 is 0 Å². The number of carbonyl (C=O) groups is 2. The molecule has 88 valence electrons. The molecule has 0 amide bonds. The fourth-order valence-corrected chi connectivity index (χ4v) is 2.20. The van der Waals surface area contributed by atoms with Gasteiger partial charge in [0.25, 0.3) is 0 Å².